The van der Waals surface area contributed by atoms with Crippen LogP contribution in [-0.2, 0) is 29.4 Å². The molecule has 3 heterocycles. The second-order valence-electron chi connectivity index (χ2n) is 7.91. The average Bonchev–Trinajstić information content (AvgIpc) is 3.41. The van der Waals surface area contributed by atoms with Crippen molar-refractivity contribution in [2.75, 3.05) is 36.1 Å². The van der Waals surface area contributed by atoms with Crippen LogP contribution in [-0.4, -0.2) is 70.4 Å². The minimum absolute atomic E-state index is 0.00518. The van der Waals surface area contributed by atoms with Gasteiger partial charge < -0.3 is 9.64 Å². The van der Waals surface area contributed by atoms with Gasteiger partial charge in [-0.2, -0.15) is 4.31 Å². The van der Waals surface area contributed by atoms with Gasteiger partial charge in [0.05, 0.1) is 22.5 Å². The van der Waals surface area contributed by atoms with Crippen LogP contribution in [0.25, 0.3) is 0 Å². The standard InChI is InChI=1S/C19H26N2O6S2/c22-19-4-1-10-20(19)15-5-7-18(8-6-15)29(25,26)21(13-17-3-2-11-27-17)16-9-12-28(23,24)14-16/h5-8,16-17H,1-4,9-14H2/t16-,17+/m1/s1. The van der Waals surface area contributed by atoms with Crippen molar-refractivity contribution in [3.8, 4) is 0 Å². The van der Waals surface area contributed by atoms with Gasteiger partial charge in [-0.1, -0.05) is 0 Å². The molecule has 10 heteroatoms. The van der Waals surface area contributed by atoms with Gasteiger partial charge in [0.1, 0.15) is 0 Å². The highest BCUT2D eigenvalue weighted by Gasteiger charge is 2.40. The Morgan fingerprint density at radius 2 is 1.90 bits per heavy atom. The molecule has 0 unspecified atom stereocenters. The molecule has 0 aliphatic carbocycles. The number of hydrogen-bond donors (Lipinski definition) is 0. The number of amides is 1. The Balaban J connectivity index is 1.60. The van der Waals surface area contributed by atoms with Crippen molar-refractivity contribution in [3.63, 3.8) is 0 Å². The van der Waals surface area contributed by atoms with Gasteiger partial charge in [-0.05, 0) is 49.9 Å². The number of sulfone groups is 1. The first-order valence-corrected chi connectivity index (χ1v) is 13.3. The van der Waals surface area contributed by atoms with Crippen LogP contribution < -0.4 is 4.90 Å². The maximum absolute atomic E-state index is 13.4. The van der Waals surface area contributed by atoms with E-state index in [1.165, 1.54) is 16.4 Å². The van der Waals surface area contributed by atoms with Gasteiger partial charge in [0.2, 0.25) is 15.9 Å². The van der Waals surface area contributed by atoms with Crippen molar-refractivity contribution in [1.29, 1.82) is 0 Å². The van der Waals surface area contributed by atoms with Gasteiger partial charge in [0.25, 0.3) is 0 Å². The summed E-state index contributed by atoms with van der Waals surface area (Å²) in [6, 6.07) is 5.72. The lowest BCUT2D eigenvalue weighted by atomic mass is 10.2. The summed E-state index contributed by atoms with van der Waals surface area (Å²) < 4.78 is 57.7. The van der Waals surface area contributed by atoms with Crippen LogP contribution in [0.4, 0.5) is 5.69 Å². The molecule has 3 saturated heterocycles. The molecule has 0 N–H and O–H groups in total. The third-order valence-electron chi connectivity index (χ3n) is 5.85. The zero-order valence-electron chi connectivity index (χ0n) is 16.2. The molecule has 8 nitrogen and oxygen atoms in total. The van der Waals surface area contributed by atoms with E-state index >= 15 is 0 Å². The summed E-state index contributed by atoms with van der Waals surface area (Å²) in [5.74, 6) is -0.110. The van der Waals surface area contributed by atoms with E-state index in [0.717, 1.165) is 19.3 Å². The van der Waals surface area contributed by atoms with Crippen LogP contribution in [0.3, 0.4) is 0 Å². The number of rotatable bonds is 6. The lowest BCUT2D eigenvalue weighted by Crippen LogP contribution is -2.45. The summed E-state index contributed by atoms with van der Waals surface area (Å²) in [5, 5.41) is 0. The number of hydrogen-bond acceptors (Lipinski definition) is 6. The SMILES string of the molecule is O=C1CCCN1c1ccc(S(=O)(=O)N(C[C@@H]2CCCO2)[C@@H]2CCS(=O)(=O)C2)cc1. The first-order chi connectivity index (χ1) is 13.8. The number of benzene rings is 1. The Bertz CT molecular complexity index is 968. The Hall–Kier alpha value is -1.49. The highest BCUT2D eigenvalue weighted by Crippen LogP contribution is 2.29. The summed E-state index contributed by atoms with van der Waals surface area (Å²) >= 11 is 0. The summed E-state index contributed by atoms with van der Waals surface area (Å²) in [4.78, 5) is 13.7. The average molecular weight is 443 g/mol. The number of anilines is 1. The van der Waals surface area contributed by atoms with Crippen LogP contribution in [0.5, 0.6) is 0 Å². The third kappa shape index (κ3) is 4.35. The zero-order valence-corrected chi connectivity index (χ0v) is 17.8. The zero-order chi connectivity index (χ0) is 20.6. The molecular formula is C19H26N2O6S2. The topological polar surface area (TPSA) is 101 Å². The minimum atomic E-state index is -3.89. The summed E-state index contributed by atoms with van der Waals surface area (Å²) in [6.07, 6.45) is 3.03. The molecule has 1 aromatic carbocycles. The molecular weight excluding hydrogens is 416 g/mol. The van der Waals surface area contributed by atoms with Crippen LogP contribution in [0.2, 0.25) is 0 Å². The van der Waals surface area contributed by atoms with E-state index < -0.39 is 25.9 Å². The fraction of sp³-hybridized carbons (Fsp3) is 0.632. The molecule has 0 radical (unpaired) electrons. The van der Waals surface area contributed by atoms with Gasteiger partial charge in [0, 0.05) is 37.8 Å². The largest absolute Gasteiger partial charge is 0.377 e. The number of ether oxygens (including phenoxy) is 1. The Morgan fingerprint density at radius 3 is 2.45 bits per heavy atom. The molecule has 0 saturated carbocycles. The monoisotopic (exact) mass is 442 g/mol. The molecule has 1 amide bonds. The second-order valence-corrected chi connectivity index (χ2v) is 12.0. The normalized spacial score (nSPS) is 27.2. The predicted molar refractivity (Wildman–Crippen MR) is 108 cm³/mol. The molecule has 1 aromatic rings. The summed E-state index contributed by atoms with van der Waals surface area (Å²) in [7, 11) is -7.12. The Labute approximate surface area is 171 Å². The molecule has 0 bridgehead atoms. The fourth-order valence-corrected chi connectivity index (χ4v) is 7.80. The van der Waals surface area contributed by atoms with E-state index in [9.17, 15) is 21.6 Å². The molecule has 29 heavy (non-hydrogen) atoms. The molecule has 3 aliphatic heterocycles. The molecule has 3 aliphatic rings. The molecule has 160 valence electrons. The Kier molecular flexibility index (Phi) is 5.71. The lowest BCUT2D eigenvalue weighted by molar-refractivity contribution is -0.117. The van der Waals surface area contributed by atoms with Gasteiger partial charge >= 0.3 is 0 Å². The molecule has 2 atom stereocenters. The van der Waals surface area contributed by atoms with Crippen molar-refractivity contribution >= 4 is 31.5 Å². The predicted octanol–water partition coefficient (Wildman–Crippen LogP) is 1.17. The van der Waals surface area contributed by atoms with Gasteiger partial charge in [-0.3, -0.25) is 4.79 Å². The molecule has 0 aromatic heterocycles. The van der Waals surface area contributed by atoms with E-state index in [1.54, 1.807) is 17.0 Å². The van der Waals surface area contributed by atoms with Gasteiger partial charge in [-0.25, -0.2) is 16.8 Å². The van der Waals surface area contributed by atoms with Crippen LogP contribution in [0.1, 0.15) is 32.1 Å². The fourth-order valence-electron chi connectivity index (χ4n) is 4.29. The highest BCUT2D eigenvalue weighted by atomic mass is 32.2. The maximum atomic E-state index is 13.4. The molecule has 3 fully saturated rings. The van der Waals surface area contributed by atoms with Crippen molar-refractivity contribution in [2.45, 2.75) is 49.1 Å². The van der Waals surface area contributed by atoms with Crippen molar-refractivity contribution in [1.82, 2.24) is 4.31 Å². The summed E-state index contributed by atoms with van der Waals surface area (Å²) in [6.45, 7) is 1.39. The van der Waals surface area contributed by atoms with E-state index in [0.29, 0.717) is 31.7 Å². The van der Waals surface area contributed by atoms with Crippen LogP contribution >= 0.6 is 0 Å². The first kappa shape index (κ1) is 20.8. The smallest absolute Gasteiger partial charge is 0.243 e. The van der Waals surface area contributed by atoms with Gasteiger partial charge in [-0.15, -0.1) is 0 Å². The summed E-state index contributed by atoms with van der Waals surface area (Å²) in [5.41, 5.74) is 0.681. The molecule has 0 spiro atoms. The Morgan fingerprint density at radius 1 is 1.14 bits per heavy atom. The van der Waals surface area contributed by atoms with Crippen LogP contribution in [0.15, 0.2) is 29.2 Å². The first-order valence-electron chi connectivity index (χ1n) is 10.0. The number of carbonyl (C=O) groups excluding carboxylic acids is 1. The number of nitrogens with zero attached hydrogens (tertiary/aromatic N) is 2. The van der Waals surface area contributed by atoms with E-state index in [4.69, 9.17) is 4.74 Å². The van der Waals surface area contributed by atoms with Gasteiger partial charge in [0.15, 0.2) is 9.84 Å². The van der Waals surface area contributed by atoms with Crippen molar-refractivity contribution < 1.29 is 26.4 Å². The van der Waals surface area contributed by atoms with E-state index in [1.807, 2.05) is 0 Å². The third-order valence-corrected chi connectivity index (χ3v) is 9.53. The minimum Gasteiger partial charge on any atom is -0.377 e. The van der Waals surface area contributed by atoms with E-state index in [-0.39, 0.29) is 35.0 Å². The number of sulfonamides is 1. The van der Waals surface area contributed by atoms with Crippen molar-refractivity contribution in [2.24, 2.45) is 0 Å². The molecule has 4 rings (SSSR count). The van der Waals surface area contributed by atoms with Crippen LogP contribution in [0, 0.1) is 0 Å². The maximum Gasteiger partial charge on any atom is 0.243 e. The highest BCUT2D eigenvalue weighted by molar-refractivity contribution is 7.92. The lowest BCUT2D eigenvalue weighted by Gasteiger charge is -2.29. The van der Waals surface area contributed by atoms with E-state index in [2.05, 4.69) is 0 Å². The number of carbonyl (C=O) groups is 1. The van der Waals surface area contributed by atoms with Crippen molar-refractivity contribution in [3.05, 3.63) is 24.3 Å². The quantitative estimate of drug-likeness (QED) is 0.656. The second kappa shape index (κ2) is 7.98.